The van der Waals surface area contributed by atoms with Gasteiger partial charge in [0.05, 0.1) is 18.9 Å². The molecule has 0 aliphatic carbocycles. The van der Waals surface area contributed by atoms with Gasteiger partial charge in [0.1, 0.15) is 5.15 Å². The van der Waals surface area contributed by atoms with Crippen LogP contribution >= 0.6 is 11.6 Å². The summed E-state index contributed by atoms with van der Waals surface area (Å²) in [5.74, 6) is 0. The Labute approximate surface area is 82.2 Å². The van der Waals surface area contributed by atoms with Crippen molar-refractivity contribution in [2.45, 2.75) is 13.0 Å². The number of halogens is 1. The maximum absolute atomic E-state index is 5.99. The van der Waals surface area contributed by atoms with Crippen molar-refractivity contribution in [2.75, 3.05) is 6.61 Å². The van der Waals surface area contributed by atoms with Gasteiger partial charge in [-0.3, -0.25) is 0 Å². The lowest BCUT2D eigenvalue weighted by atomic mass is 10.0. The van der Waals surface area contributed by atoms with Crippen LogP contribution in [0, 0.1) is 0 Å². The summed E-state index contributed by atoms with van der Waals surface area (Å²) in [5, 5.41) is 0.548. The van der Waals surface area contributed by atoms with E-state index in [4.69, 9.17) is 16.3 Å². The number of fused-ring (bicyclic) bond motifs is 1. The molecular weight excluding hydrogens is 186 g/mol. The molecule has 1 aromatic rings. The Morgan fingerprint density at radius 3 is 3.23 bits per heavy atom. The van der Waals surface area contributed by atoms with Gasteiger partial charge in [-0.2, -0.15) is 0 Å². The van der Waals surface area contributed by atoms with Crippen LogP contribution < -0.4 is 0 Å². The summed E-state index contributed by atoms with van der Waals surface area (Å²) in [6.07, 6.45) is 2.63. The van der Waals surface area contributed by atoms with Gasteiger partial charge in [0, 0.05) is 5.56 Å². The van der Waals surface area contributed by atoms with Gasteiger partial charge in [-0.15, -0.1) is 0 Å². The van der Waals surface area contributed by atoms with Crippen LogP contribution in [-0.4, -0.2) is 11.6 Å². The molecule has 1 aliphatic heterocycles. The standard InChI is InChI=1S/C10H10ClNO/c1-2-8-5-7-3-4-13-6-9(7)10(11)12-8/h2,5H,1,3-4,6H2. The third-order valence-electron chi connectivity index (χ3n) is 2.16. The van der Waals surface area contributed by atoms with Crippen LogP contribution in [0.15, 0.2) is 12.6 Å². The van der Waals surface area contributed by atoms with E-state index >= 15 is 0 Å². The van der Waals surface area contributed by atoms with Crippen molar-refractivity contribution in [3.05, 3.63) is 34.6 Å². The molecule has 0 radical (unpaired) electrons. The molecule has 0 bridgehead atoms. The predicted octanol–water partition coefficient (Wildman–Crippen LogP) is 2.45. The van der Waals surface area contributed by atoms with Crippen LogP contribution in [0.25, 0.3) is 6.08 Å². The molecule has 2 rings (SSSR count). The second-order valence-corrected chi connectivity index (χ2v) is 3.34. The van der Waals surface area contributed by atoms with Gasteiger partial charge in [-0.05, 0) is 24.1 Å². The molecule has 3 heteroatoms. The smallest absolute Gasteiger partial charge is 0.135 e. The Morgan fingerprint density at radius 1 is 1.62 bits per heavy atom. The van der Waals surface area contributed by atoms with Gasteiger partial charge in [-0.25, -0.2) is 4.98 Å². The zero-order valence-electron chi connectivity index (χ0n) is 7.22. The predicted molar refractivity (Wildman–Crippen MR) is 52.7 cm³/mol. The van der Waals surface area contributed by atoms with E-state index in [0.29, 0.717) is 11.8 Å². The van der Waals surface area contributed by atoms with E-state index in [2.05, 4.69) is 11.6 Å². The van der Waals surface area contributed by atoms with Gasteiger partial charge < -0.3 is 4.74 Å². The zero-order valence-corrected chi connectivity index (χ0v) is 7.97. The highest BCUT2D eigenvalue weighted by Crippen LogP contribution is 2.24. The molecule has 0 N–H and O–H groups in total. The van der Waals surface area contributed by atoms with Crippen molar-refractivity contribution < 1.29 is 4.74 Å². The van der Waals surface area contributed by atoms with Crippen LogP contribution in [0.3, 0.4) is 0 Å². The largest absolute Gasteiger partial charge is 0.376 e. The number of hydrogen-bond acceptors (Lipinski definition) is 2. The van der Waals surface area contributed by atoms with Crippen LogP contribution in [0.2, 0.25) is 5.15 Å². The van der Waals surface area contributed by atoms with E-state index < -0.39 is 0 Å². The number of aromatic nitrogens is 1. The van der Waals surface area contributed by atoms with Crippen molar-refractivity contribution in [3.63, 3.8) is 0 Å². The number of rotatable bonds is 1. The van der Waals surface area contributed by atoms with E-state index in [9.17, 15) is 0 Å². The lowest BCUT2D eigenvalue weighted by molar-refractivity contribution is 0.110. The minimum absolute atomic E-state index is 0.548. The van der Waals surface area contributed by atoms with Crippen molar-refractivity contribution in [2.24, 2.45) is 0 Å². The number of nitrogens with zero attached hydrogens (tertiary/aromatic N) is 1. The molecule has 1 aliphatic rings. The van der Waals surface area contributed by atoms with Crippen molar-refractivity contribution in [1.29, 1.82) is 0 Å². The molecular formula is C10H10ClNO. The highest BCUT2D eigenvalue weighted by atomic mass is 35.5. The first-order valence-corrected chi connectivity index (χ1v) is 4.57. The summed E-state index contributed by atoms with van der Waals surface area (Å²) < 4.78 is 5.30. The van der Waals surface area contributed by atoms with E-state index in [0.717, 1.165) is 24.3 Å². The first-order chi connectivity index (χ1) is 6.31. The topological polar surface area (TPSA) is 22.1 Å². The average Bonchev–Trinajstić information content (AvgIpc) is 2.18. The summed E-state index contributed by atoms with van der Waals surface area (Å²) >= 11 is 5.99. The summed E-state index contributed by atoms with van der Waals surface area (Å²) in [6.45, 7) is 5.02. The maximum atomic E-state index is 5.99. The molecule has 0 saturated carbocycles. The summed E-state index contributed by atoms with van der Waals surface area (Å²) in [7, 11) is 0. The monoisotopic (exact) mass is 195 g/mol. The van der Waals surface area contributed by atoms with Crippen molar-refractivity contribution in [3.8, 4) is 0 Å². The third-order valence-corrected chi connectivity index (χ3v) is 2.47. The Bertz CT molecular complexity index is 349. The summed E-state index contributed by atoms with van der Waals surface area (Å²) in [5.41, 5.74) is 3.10. The van der Waals surface area contributed by atoms with Gasteiger partial charge >= 0.3 is 0 Å². The molecule has 0 fully saturated rings. The van der Waals surface area contributed by atoms with Crippen LogP contribution in [0.4, 0.5) is 0 Å². The fourth-order valence-corrected chi connectivity index (χ4v) is 1.72. The fraction of sp³-hybridized carbons (Fsp3) is 0.300. The van der Waals surface area contributed by atoms with Crippen molar-refractivity contribution >= 4 is 17.7 Å². The SMILES string of the molecule is C=Cc1cc2c(c(Cl)n1)COCC2. The first-order valence-electron chi connectivity index (χ1n) is 4.19. The van der Waals surface area contributed by atoms with Gasteiger partial charge in [0.2, 0.25) is 0 Å². The molecule has 0 amide bonds. The molecule has 0 unspecified atom stereocenters. The van der Waals surface area contributed by atoms with Gasteiger partial charge in [-0.1, -0.05) is 18.2 Å². The van der Waals surface area contributed by atoms with E-state index in [1.807, 2.05) is 6.07 Å². The Morgan fingerprint density at radius 2 is 2.46 bits per heavy atom. The van der Waals surface area contributed by atoms with Gasteiger partial charge in [0.15, 0.2) is 0 Å². The fourth-order valence-electron chi connectivity index (χ4n) is 1.45. The average molecular weight is 196 g/mol. The first kappa shape index (κ1) is 8.73. The summed E-state index contributed by atoms with van der Waals surface area (Å²) in [4.78, 5) is 4.17. The minimum Gasteiger partial charge on any atom is -0.376 e. The van der Waals surface area contributed by atoms with Gasteiger partial charge in [0.25, 0.3) is 0 Å². The lowest BCUT2D eigenvalue weighted by Gasteiger charge is -2.17. The van der Waals surface area contributed by atoms with Crippen LogP contribution in [-0.2, 0) is 17.8 Å². The van der Waals surface area contributed by atoms with Crippen molar-refractivity contribution in [1.82, 2.24) is 4.98 Å². The minimum atomic E-state index is 0.548. The maximum Gasteiger partial charge on any atom is 0.135 e. The Balaban J connectivity index is 2.52. The molecule has 0 atom stereocenters. The molecule has 2 heterocycles. The molecule has 68 valence electrons. The molecule has 0 saturated heterocycles. The number of pyridine rings is 1. The number of ether oxygens (including phenoxy) is 1. The second kappa shape index (κ2) is 3.48. The molecule has 2 nitrogen and oxygen atoms in total. The second-order valence-electron chi connectivity index (χ2n) is 2.98. The highest BCUT2D eigenvalue weighted by molar-refractivity contribution is 6.30. The quantitative estimate of drug-likeness (QED) is 0.643. The number of hydrogen-bond donors (Lipinski definition) is 0. The van der Waals surface area contributed by atoms with Crippen LogP contribution in [0.5, 0.6) is 0 Å². The lowest BCUT2D eigenvalue weighted by Crippen LogP contribution is -2.11. The Hall–Kier alpha value is -0.860. The van der Waals surface area contributed by atoms with Crippen LogP contribution in [0.1, 0.15) is 16.8 Å². The normalized spacial score (nSPS) is 15.2. The summed E-state index contributed by atoms with van der Waals surface area (Å²) in [6, 6.07) is 2.02. The third kappa shape index (κ3) is 1.60. The van der Waals surface area contributed by atoms with E-state index in [1.54, 1.807) is 6.08 Å². The Kier molecular flexibility index (Phi) is 2.34. The molecule has 13 heavy (non-hydrogen) atoms. The molecule has 1 aromatic heterocycles. The zero-order chi connectivity index (χ0) is 9.26. The van der Waals surface area contributed by atoms with E-state index in [-0.39, 0.29) is 0 Å². The highest BCUT2D eigenvalue weighted by Gasteiger charge is 2.14. The molecule has 0 spiro atoms. The molecule has 0 aromatic carbocycles. The van der Waals surface area contributed by atoms with E-state index in [1.165, 1.54) is 5.56 Å².